The fourth-order valence-electron chi connectivity index (χ4n) is 2.73. The lowest BCUT2D eigenvalue weighted by Gasteiger charge is -2.22. The van der Waals surface area contributed by atoms with Gasteiger partial charge in [-0.25, -0.2) is 17.2 Å². The van der Waals surface area contributed by atoms with E-state index in [1.807, 2.05) is 0 Å². The van der Waals surface area contributed by atoms with Gasteiger partial charge in [0.25, 0.3) is 0 Å². The van der Waals surface area contributed by atoms with Crippen LogP contribution in [0.3, 0.4) is 0 Å². The van der Waals surface area contributed by atoms with Gasteiger partial charge in [0.2, 0.25) is 22.7 Å². The van der Waals surface area contributed by atoms with E-state index in [1.54, 1.807) is 12.1 Å². The third kappa shape index (κ3) is 4.50. The van der Waals surface area contributed by atoms with Gasteiger partial charge in [-0.05, 0) is 30.7 Å². The number of rotatable bonds is 7. The van der Waals surface area contributed by atoms with E-state index in [2.05, 4.69) is 5.32 Å². The molecule has 1 amide bonds. The Bertz CT molecular complexity index is 977. The number of hydrogen-bond donors (Lipinski definition) is 1. The molecule has 0 atom stereocenters. The highest BCUT2D eigenvalue weighted by Gasteiger charge is 2.22. The summed E-state index contributed by atoms with van der Waals surface area (Å²) in [6, 6.07) is 7.97. The minimum absolute atomic E-state index is 0.00561. The first-order valence-corrected chi connectivity index (χ1v) is 10.2. The molecule has 0 aliphatic carbocycles. The van der Waals surface area contributed by atoms with Crippen molar-refractivity contribution in [2.45, 2.75) is 12.8 Å². The van der Waals surface area contributed by atoms with Gasteiger partial charge in [0.15, 0.2) is 11.5 Å². The van der Waals surface area contributed by atoms with Crippen molar-refractivity contribution in [3.05, 3.63) is 48.0 Å². The van der Waals surface area contributed by atoms with Crippen LogP contribution in [0.2, 0.25) is 0 Å². The molecule has 0 radical (unpaired) electrons. The summed E-state index contributed by atoms with van der Waals surface area (Å²) in [6.07, 6.45) is 1.07. The quantitative estimate of drug-likeness (QED) is 0.756. The number of ether oxygens (including phenoxy) is 2. The monoisotopic (exact) mass is 412 g/mol. The largest absolute Gasteiger partial charge is 0.454 e. The van der Waals surface area contributed by atoms with Crippen molar-refractivity contribution in [2.75, 3.05) is 29.2 Å². The molecule has 0 spiro atoms. The molecule has 150 valence electrons. The Morgan fingerprint density at radius 1 is 1.14 bits per heavy atom. The molecule has 0 saturated carbocycles. The number of halogens is 2. The predicted molar refractivity (Wildman–Crippen MR) is 99.0 cm³/mol. The first-order chi connectivity index (χ1) is 13.3. The van der Waals surface area contributed by atoms with E-state index in [4.69, 9.17) is 9.47 Å². The summed E-state index contributed by atoms with van der Waals surface area (Å²) in [6.45, 7) is 0.0656. The molecule has 2 aromatic rings. The zero-order valence-corrected chi connectivity index (χ0v) is 15.8. The van der Waals surface area contributed by atoms with Crippen molar-refractivity contribution in [1.29, 1.82) is 0 Å². The molecule has 1 N–H and O–H groups in total. The topological polar surface area (TPSA) is 84.9 Å². The molecule has 2 aromatic carbocycles. The van der Waals surface area contributed by atoms with Crippen molar-refractivity contribution in [3.63, 3.8) is 0 Å². The van der Waals surface area contributed by atoms with E-state index in [-0.39, 0.29) is 26.2 Å². The fourth-order valence-corrected chi connectivity index (χ4v) is 3.69. The number of nitrogens with zero attached hydrogens (tertiary/aromatic N) is 1. The molecule has 3 rings (SSSR count). The number of hydrogen-bond acceptors (Lipinski definition) is 5. The van der Waals surface area contributed by atoms with Gasteiger partial charge in [0, 0.05) is 19.0 Å². The maximum absolute atomic E-state index is 13.6. The van der Waals surface area contributed by atoms with Crippen LogP contribution in [-0.4, -0.2) is 33.9 Å². The molecular formula is C18H18F2N2O5S. The lowest BCUT2D eigenvalue weighted by atomic mass is 10.2. The van der Waals surface area contributed by atoms with E-state index < -0.39 is 33.3 Å². The Labute approximate surface area is 160 Å². The molecule has 0 bridgehead atoms. The van der Waals surface area contributed by atoms with Crippen LogP contribution < -0.4 is 19.1 Å². The van der Waals surface area contributed by atoms with E-state index >= 15 is 0 Å². The number of nitrogens with one attached hydrogen (secondary N) is 1. The van der Waals surface area contributed by atoms with Crippen LogP contribution >= 0.6 is 0 Å². The number of amides is 1. The Morgan fingerprint density at radius 2 is 1.82 bits per heavy atom. The van der Waals surface area contributed by atoms with Crippen LogP contribution in [0.1, 0.15) is 12.8 Å². The van der Waals surface area contributed by atoms with Crippen molar-refractivity contribution in [2.24, 2.45) is 0 Å². The third-order valence-corrected chi connectivity index (χ3v) is 5.23. The number of fused-ring (bicyclic) bond motifs is 1. The zero-order chi connectivity index (χ0) is 20.3. The highest BCUT2D eigenvalue weighted by Crippen LogP contribution is 2.36. The number of carbonyl (C=O) groups excluding carboxylic acids is 1. The van der Waals surface area contributed by atoms with Crippen molar-refractivity contribution in [1.82, 2.24) is 0 Å². The molecule has 0 aromatic heterocycles. The van der Waals surface area contributed by atoms with Gasteiger partial charge >= 0.3 is 0 Å². The third-order valence-electron chi connectivity index (χ3n) is 4.04. The number of para-hydroxylation sites is 1. The smallest absolute Gasteiger partial charge is 0.232 e. The molecule has 1 aliphatic heterocycles. The van der Waals surface area contributed by atoms with Gasteiger partial charge in [0.1, 0.15) is 17.3 Å². The highest BCUT2D eigenvalue weighted by atomic mass is 32.2. The Balaban J connectivity index is 1.64. The van der Waals surface area contributed by atoms with Gasteiger partial charge in [-0.15, -0.1) is 0 Å². The second-order valence-corrected chi connectivity index (χ2v) is 8.03. The molecule has 10 heteroatoms. The van der Waals surface area contributed by atoms with Crippen LogP contribution in [0.4, 0.5) is 20.2 Å². The normalized spacial score (nSPS) is 12.7. The molecule has 0 saturated heterocycles. The summed E-state index contributed by atoms with van der Waals surface area (Å²) in [5, 5.41) is 2.17. The van der Waals surface area contributed by atoms with Crippen LogP contribution in [0.5, 0.6) is 11.5 Å². The summed E-state index contributed by atoms with van der Waals surface area (Å²) in [4.78, 5) is 12.0. The Kier molecular flexibility index (Phi) is 5.68. The summed E-state index contributed by atoms with van der Waals surface area (Å²) in [5.74, 6) is -1.44. The average molecular weight is 412 g/mol. The van der Waals surface area contributed by atoms with Crippen molar-refractivity contribution >= 4 is 27.3 Å². The predicted octanol–water partition coefficient (Wildman–Crippen LogP) is 2.88. The van der Waals surface area contributed by atoms with Crippen LogP contribution in [0.15, 0.2) is 36.4 Å². The van der Waals surface area contributed by atoms with E-state index in [0.717, 1.165) is 22.7 Å². The van der Waals surface area contributed by atoms with Crippen LogP contribution in [0, 0.1) is 11.6 Å². The number of benzene rings is 2. The molecule has 1 heterocycles. The van der Waals surface area contributed by atoms with E-state index in [0.29, 0.717) is 17.2 Å². The minimum Gasteiger partial charge on any atom is -0.454 e. The standard InChI is InChI=1S/C18H18F2N2O5S/c1-28(24,25)22(12-7-8-15-16(10-12)27-11-26-15)9-3-6-17(23)21-18-13(19)4-2-5-14(18)20/h2,4-5,7-8,10H,3,6,9,11H2,1H3,(H,21,23). The molecule has 1 aliphatic rings. The number of carbonyl (C=O) groups is 1. The Hall–Kier alpha value is -2.88. The number of sulfonamides is 1. The van der Waals surface area contributed by atoms with Gasteiger partial charge in [-0.3, -0.25) is 9.10 Å². The average Bonchev–Trinajstić information content (AvgIpc) is 3.08. The van der Waals surface area contributed by atoms with E-state index in [1.165, 1.54) is 12.1 Å². The summed E-state index contributed by atoms with van der Waals surface area (Å²) < 4.78 is 63.0. The fraction of sp³-hybridized carbons (Fsp3) is 0.278. The van der Waals surface area contributed by atoms with Crippen LogP contribution in [-0.2, 0) is 14.8 Å². The molecule has 28 heavy (non-hydrogen) atoms. The summed E-state index contributed by atoms with van der Waals surface area (Å²) in [5.41, 5.74) is -0.157. The maximum atomic E-state index is 13.6. The first kappa shape index (κ1) is 19.9. The molecule has 0 fully saturated rings. The van der Waals surface area contributed by atoms with Crippen molar-refractivity contribution in [3.8, 4) is 11.5 Å². The second kappa shape index (κ2) is 8.01. The summed E-state index contributed by atoms with van der Waals surface area (Å²) >= 11 is 0. The SMILES string of the molecule is CS(=O)(=O)N(CCCC(=O)Nc1c(F)cccc1F)c1ccc2c(c1)OCO2. The van der Waals surface area contributed by atoms with Crippen LogP contribution in [0.25, 0.3) is 0 Å². The summed E-state index contributed by atoms with van der Waals surface area (Å²) in [7, 11) is -3.62. The number of anilines is 2. The minimum atomic E-state index is -3.62. The lowest BCUT2D eigenvalue weighted by Crippen LogP contribution is -2.31. The molecule has 7 nitrogen and oxygen atoms in total. The highest BCUT2D eigenvalue weighted by molar-refractivity contribution is 7.92. The van der Waals surface area contributed by atoms with Crippen molar-refractivity contribution < 1.29 is 31.5 Å². The maximum Gasteiger partial charge on any atom is 0.232 e. The zero-order valence-electron chi connectivity index (χ0n) is 14.9. The van der Waals surface area contributed by atoms with Gasteiger partial charge in [-0.1, -0.05) is 6.07 Å². The van der Waals surface area contributed by atoms with Gasteiger partial charge < -0.3 is 14.8 Å². The second-order valence-electron chi connectivity index (χ2n) is 6.12. The van der Waals surface area contributed by atoms with Gasteiger partial charge in [-0.2, -0.15) is 0 Å². The molecular weight excluding hydrogens is 394 g/mol. The lowest BCUT2D eigenvalue weighted by molar-refractivity contribution is -0.116. The van der Waals surface area contributed by atoms with Gasteiger partial charge in [0.05, 0.1) is 11.9 Å². The van der Waals surface area contributed by atoms with E-state index in [9.17, 15) is 22.0 Å². The Morgan fingerprint density at radius 3 is 2.50 bits per heavy atom. The molecule has 0 unspecified atom stereocenters. The first-order valence-electron chi connectivity index (χ1n) is 8.37.